The van der Waals surface area contributed by atoms with Crippen molar-refractivity contribution in [3.05, 3.63) is 114 Å². The lowest BCUT2D eigenvalue weighted by Crippen LogP contribution is -2.66. The first-order valence-corrected chi connectivity index (χ1v) is 12.7. The molecule has 0 amide bonds. The van der Waals surface area contributed by atoms with E-state index >= 15 is 0 Å². The standard InChI is InChI=1S/C31H36O7/c1-3-18-35-28-26(32)27(33)29(36-19-22-10-6-4-7-11-22)31(30(28)37-20-23-12-8-5-9-13-23)38-21-24-14-16-25(34-2)17-15-24/h3-17,26-33H,1,18-21H2,2H3/t26-,27-,28+,29-,30-,31-/m1/s1. The number of aliphatic hydroxyl groups excluding tert-OH is 2. The van der Waals surface area contributed by atoms with Crippen LogP contribution in [-0.2, 0) is 38.8 Å². The fourth-order valence-corrected chi connectivity index (χ4v) is 4.54. The summed E-state index contributed by atoms with van der Waals surface area (Å²) in [6.07, 6.45) is -4.11. The molecule has 3 aromatic carbocycles. The van der Waals surface area contributed by atoms with Crippen LogP contribution in [0, 0.1) is 0 Å². The molecule has 0 saturated heterocycles. The van der Waals surface area contributed by atoms with Gasteiger partial charge in [0.2, 0.25) is 0 Å². The summed E-state index contributed by atoms with van der Waals surface area (Å²) in [6.45, 7) is 4.65. The maximum absolute atomic E-state index is 11.2. The number of benzene rings is 3. The van der Waals surface area contributed by atoms with Gasteiger partial charge in [-0.15, -0.1) is 6.58 Å². The van der Waals surface area contributed by atoms with E-state index in [0.717, 1.165) is 22.4 Å². The first-order valence-electron chi connectivity index (χ1n) is 12.7. The van der Waals surface area contributed by atoms with Gasteiger partial charge in [0.15, 0.2) is 0 Å². The van der Waals surface area contributed by atoms with Gasteiger partial charge in [0.05, 0.1) is 33.5 Å². The molecule has 0 aliphatic heterocycles. The average Bonchev–Trinajstić information content (AvgIpc) is 2.97. The zero-order valence-electron chi connectivity index (χ0n) is 21.6. The van der Waals surface area contributed by atoms with Gasteiger partial charge >= 0.3 is 0 Å². The van der Waals surface area contributed by atoms with Gasteiger partial charge < -0.3 is 33.9 Å². The van der Waals surface area contributed by atoms with Crippen LogP contribution in [0.5, 0.6) is 5.75 Å². The third-order valence-corrected chi connectivity index (χ3v) is 6.57. The number of hydrogen-bond donors (Lipinski definition) is 2. The highest BCUT2D eigenvalue weighted by atomic mass is 16.6. The summed E-state index contributed by atoms with van der Waals surface area (Å²) in [5.41, 5.74) is 2.82. The highest BCUT2D eigenvalue weighted by Crippen LogP contribution is 2.32. The second-order valence-electron chi connectivity index (χ2n) is 9.21. The Bertz CT molecular complexity index is 1090. The van der Waals surface area contributed by atoms with E-state index in [1.54, 1.807) is 13.2 Å². The number of rotatable bonds is 13. The van der Waals surface area contributed by atoms with E-state index in [4.69, 9.17) is 23.7 Å². The fraction of sp³-hybridized carbons (Fsp3) is 0.355. The lowest BCUT2D eigenvalue weighted by Gasteiger charge is -2.47. The van der Waals surface area contributed by atoms with Crippen molar-refractivity contribution in [1.82, 2.24) is 0 Å². The molecule has 38 heavy (non-hydrogen) atoms. The molecule has 0 bridgehead atoms. The first-order chi connectivity index (χ1) is 18.6. The Hall–Kier alpha value is -3.04. The summed E-state index contributed by atoms with van der Waals surface area (Å²) in [4.78, 5) is 0. The second kappa shape index (κ2) is 14.2. The Morgan fingerprint density at radius 2 is 1.03 bits per heavy atom. The van der Waals surface area contributed by atoms with Gasteiger partial charge in [0.25, 0.3) is 0 Å². The predicted octanol–water partition coefficient (Wildman–Crippen LogP) is 4.06. The maximum atomic E-state index is 11.2. The van der Waals surface area contributed by atoms with Crippen molar-refractivity contribution in [2.75, 3.05) is 13.7 Å². The minimum absolute atomic E-state index is 0.181. The van der Waals surface area contributed by atoms with Crippen molar-refractivity contribution in [2.24, 2.45) is 0 Å². The maximum Gasteiger partial charge on any atom is 0.118 e. The van der Waals surface area contributed by atoms with Crippen molar-refractivity contribution in [1.29, 1.82) is 0 Å². The quantitative estimate of drug-likeness (QED) is 0.329. The van der Waals surface area contributed by atoms with Crippen LogP contribution in [0.1, 0.15) is 16.7 Å². The molecule has 0 spiro atoms. The minimum Gasteiger partial charge on any atom is -0.497 e. The molecule has 0 aromatic heterocycles. The topological polar surface area (TPSA) is 86.6 Å². The normalized spacial score (nSPS) is 25.1. The van der Waals surface area contributed by atoms with Crippen molar-refractivity contribution in [3.8, 4) is 5.75 Å². The molecular weight excluding hydrogens is 484 g/mol. The van der Waals surface area contributed by atoms with Crippen molar-refractivity contribution in [2.45, 2.75) is 56.4 Å². The largest absolute Gasteiger partial charge is 0.497 e. The van der Waals surface area contributed by atoms with Crippen LogP contribution in [-0.4, -0.2) is 60.6 Å². The highest BCUT2D eigenvalue weighted by molar-refractivity contribution is 5.26. The molecule has 3 aromatic rings. The number of methoxy groups -OCH3 is 1. The van der Waals surface area contributed by atoms with Crippen LogP contribution in [0.25, 0.3) is 0 Å². The fourth-order valence-electron chi connectivity index (χ4n) is 4.54. The van der Waals surface area contributed by atoms with Crippen LogP contribution in [0.2, 0.25) is 0 Å². The average molecular weight is 521 g/mol. The molecule has 0 heterocycles. The Morgan fingerprint density at radius 3 is 1.47 bits per heavy atom. The van der Waals surface area contributed by atoms with E-state index < -0.39 is 36.6 Å². The summed E-state index contributed by atoms with van der Waals surface area (Å²) < 4.78 is 30.2. The molecule has 6 atom stereocenters. The Morgan fingerprint density at radius 1 is 0.605 bits per heavy atom. The molecule has 202 valence electrons. The molecule has 1 aliphatic rings. The third-order valence-electron chi connectivity index (χ3n) is 6.57. The molecule has 7 nitrogen and oxygen atoms in total. The van der Waals surface area contributed by atoms with Crippen LogP contribution in [0.3, 0.4) is 0 Å². The third kappa shape index (κ3) is 7.29. The van der Waals surface area contributed by atoms with Gasteiger partial charge in [0.1, 0.15) is 42.4 Å². The molecule has 1 fully saturated rings. The van der Waals surface area contributed by atoms with E-state index in [0.29, 0.717) is 0 Å². The van der Waals surface area contributed by atoms with Gasteiger partial charge in [-0.25, -0.2) is 0 Å². The van der Waals surface area contributed by atoms with Gasteiger partial charge in [-0.1, -0.05) is 78.9 Å². The summed E-state index contributed by atoms with van der Waals surface area (Å²) in [7, 11) is 1.62. The summed E-state index contributed by atoms with van der Waals surface area (Å²) in [5.74, 6) is 0.746. The molecule has 1 aliphatic carbocycles. The van der Waals surface area contributed by atoms with E-state index in [1.807, 2.05) is 84.9 Å². The van der Waals surface area contributed by atoms with Gasteiger partial charge in [-0.05, 0) is 28.8 Å². The van der Waals surface area contributed by atoms with Crippen LogP contribution in [0.4, 0.5) is 0 Å². The molecule has 7 heteroatoms. The Balaban J connectivity index is 1.60. The van der Waals surface area contributed by atoms with Gasteiger partial charge in [-0.3, -0.25) is 0 Å². The number of aliphatic hydroxyl groups is 2. The Kier molecular flexibility index (Phi) is 10.5. The van der Waals surface area contributed by atoms with Gasteiger partial charge in [0, 0.05) is 0 Å². The molecule has 1 saturated carbocycles. The van der Waals surface area contributed by atoms with Crippen LogP contribution >= 0.6 is 0 Å². The Labute approximate surface area is 224 Å². The van der Waals surface area contributed by atoms with Crippen molar-refractivity contribution < 1.29 is 33.9 Å². The van der Waals surface area contributed by atoms with Crippen LogP contribution in [0.15, 0.2) is 97.6 Å². The van der Waals surface area contributed by atoms with Crippen molar-refractivity contribution in [3.63, 3.8) is 0 Å². The lowest BCUT2D eigenvalue weighted by molar-refractivity contribution is -0.270. The van der Waals surface area contributed by atoms with E-state index in [9.17, 15) is 10.2 Å². The van der Waals surface area contributed by atoms with Crippen LogP contribution < -0.4 is 4.74 Å². The first kappa shape index (κ1) is 28.0. The summed E-state index contributed by atoms with van der Waals surface area (Å²) in [5, 5.41) is 22.3. The smallest absolute Gasteiger partial charge is 0.118 e. The number of hydrogen-bond acceptors (Lipinski definition) is 7. The van der Waals surface area contributed by atoms with E-state index in [1.165, 1.54) is 0 Å². The van der Waals surface area contributed by atoms with Crippen molar-refractivity contribution >= 4 is 0 Å². The van der Waals surface area contributed by atoms with E-state index in [2.05, 4.69) is 6.58 Å². The van der Waals surface area contributed by atoms with E-state index in [-0.39, 0.29) is 26.4 Å². The molecule has 0 unspecified atom stereocenters. The monoisotopic (exact) mass is 520 g/mol. The zero-order valence-corrected chi connectivity index (χ0v) is 21.6. The summed E-state index contributed by atoms with van der Waals surface area (Å²) in [6, 6.07) is 27.0. The second-order valence-corrected chi connectivity index (χ2v) is 9.21. The predicted molar refractivity (Wildman–Crippen MR) is 144 cm³/mol. The van der Waals surface area contributed by atoms with Gasteiger partial charge in [-0.2, -0.15) is 0 Å². The molecular formula is C31H36O7. The number of ether oxygens (including phenoxy) is 5. The molecule has 0 radical (unpaired) electrons. The summed E-state index contributed by atoms with van der Waals surface area (Å²) >= 11 is 0. The SMILES string of the molecule is C=CCO[C@H]1[C@H](O)[C@@H](O)[C@@H](OCc2ccccc2)[C@@H](OCc2ccc(OC)cc2)[C@@H]1OCc1ccccc1. The zero-order chi connectivity index (χ0) is 26.7. The molecule has 2 N–H and O–H groups in total. The minimum atomic E-state index is -1.26. The lowest BCUT2D eigenvalue weighted by atomic mass is 9.84. The molecule has 4 rings (SSSR count). The highest BCUT2D eigenvalue weighted by Gasteiger charge is 2.52.